The molecule has 0 N–H and O–H groups in total. The van der Waals surface area contributed by atoms with Crippen LogP contribution in [0.1, 0.15) is 0 Å². The van der Waals surface area contributed by atoms with E-state index in [4.69, 9.17) is 15.0 Å². The van der Waals surface area contributed by atoms with E-state index in [2.05, 4.69) is 149 Å². The molecule has 4 heterocycles. The predicted molar refractivity (Wildman–Crippen MR) is 221 cm³/mol. The molecule has 0 fully saturated rings. The Bertz CT molecular complexity index is 3260. The second kappa shape index (κ2) is 11.1. The molecule has 0 radical (unpaired) electrons. The fraction of sp³-hybridized carbons (Fsp3) is 0. The lowest BCUT2D eigenvalue weighted by molar-refractivity contribution is 0.953. The fourth-order valence-electron chi connectivity index (χ4n) is 8.69. The van der Waals surface area contributed by atoms with Crippen LogP contribution in [0.4, 0.5) is 0 Å². The minimum atomic E-state index is 0.580. The molecule has 3 aromatic heterocycles. The lowest BCUT2D eigenvalue weighted by atomic mass is 9.93. The summed E-state index contributed by atoms with van der Waals surface area (Å²) in [5, 5.41) is 7.14. The SMILES string of the molecule is c1ccc(-c2nc(-c3ccccc3)nc(-n3c4cc5c(cc4c4cc6ccccc6cc43)-n3c4ccccc4c4cccc(c43)-c3ccccc3-5)n2)cc1. The number of aromatic nitrogens is 5. The number of para-hydroxylation sites is 2. The predicted octanol–water partition coefficient (Wildman–Crippen LogP) is 12.2. The molecule has 0 bridgehead atoms. The molecule has 0 atom stereocenters. The summed E-state index contributed by atoms with van der Waals surface area (Å²) in [6.07, 6.45) is 0. The summed E-state index contributed by atoms with van der Waals surface area (Å²) in [6.45, 7) is 0. The van der Waals surface area contributed by atoms with E-state index < -0.39 is 0 Å². The number of benzene rings is 8. The van der Waals surface area contributed by atoms with E-state index in [1.165, 1.54) is 43.9 Å². The first kappa shape index (κ1) is 29.2. The monoisotopic (exact) mass is 687 g/mol. The van der Waals surface area contributed by atoms with Crippen LogP contribution in [0.5, 0.6) is 0 Å². The molecule has 11 aromatic rings. The van der Waals surface area contributed by atoms with Crippen LogP contribution in [-0.2, 0) is 0 Å². The number of rotatable bonds is 3. The van der Waals surface area contributed by atoms with Crippen molar-refractivity contribution < 1.29 is 0 Å². The first-order valence-electron chi connectivity index (χ1n) is 18.3. The maximum absolute atomic E-state index is 5.26. The average molecular weight is 688 g/mol. The highest BCUT2D eigenvalue weighted by Crippen LogP contribution is 2.49. The largest absolute Gasteiger partial charge is 0.308 e. The molecule has 1 aliphatic heterocycles. The maximum atomic E-state index is 5.26. The van der Waals surface area contributed by atoms with E-state index in [-0.39, 0.29) is 0 Å². The van der Waals surface area contributed by atoms with E-state index in [0.717, 1.165) is 49.6 Å². The molecule has 54 heavy (non-hydrogen) atoms. The van der Waals surface area contributed by atoms with Crippen molar-refractivity contribution >= 4 is 54.4 Å². The maximum Gasteiger partial charge on any atom is 0.238 e. The summed E-state index contributed by atoms with van der Waals surface area (Å²) in [5.41, 5.74) is 12.4. The third-order valence-corrected chi connectivity index (χ3v) is 11.1. The Balaban J connectivity index is 1.26. The van der Waals surface area contributed by atoms with Gasteiger partial charge in [0, 0.05) is 43.8 Å². The number of nitrogens with zero attached hydrogens (tertiary/aromatic N) is 5. The van der Waals surface area contributed by atoms with Crippen molar-refractivity contribution in [2.24, 2.45) is 0 Å². The Labute approximate surface area is 310 Å². The highest BCUT2D eigenvalue weighted by Gasteiger charge is 2.27. The molecular formula is C49H29N5. The van der Waals surface area contributed by atoms with Gasteiger partial charge in [-0.25, -0.2) is 4.98 Å². The molecule has 0 amide bonds. The molecule has 12 rings (SSSR count). The van der Waals surface area contributed by atoms with Gasteiger partial charge >= 0.3 is 0 Å². The van der Waals surface area contributed by atoms with Gasteiger partial charge in [-0.15, -0.1) is 0 Å². The highest BCUT2D eigenvalue weighted by molar-refractivity contribution is 6.19. The van der Waals surface area contributed by atoms with Gasteiger partial charge in [-0.3, -0.25) is 4.57 Å². The van der Waals surface area contributed by atoms with Crippen LogP contribution in [0.3, 0.4) is 0 Å². The second-order valence-corrected chi connectivity index (χ2v) is 14.1. The van der Waals surface area contributed by atoms with Crippen molar-refractivity contribution in [3.63, 3.8) is 0 Å². The Morgan fingerprint density at radius 3 is 1.63 bits per heavy atom. The van der Waals surface area contributed by atoms with Gasteiger partial charge in [0.2, 0.25) is 5.95 Å². The molecule has 0 aliphatic carbocycles. The van der Waals surface area contributed by atoms with Crippen molar-refractivity contribution in [2.75, 3.05) is 0 Å². The quantitative estimate of drug-likeness (QED) is 0.186. The zero-order chi connectivity index (χ0) is 35.3. The van der Waals surface area contributed by atoms with Crippen LogP contribution >= 0.6 is 0 Å². The lowest BCUT2D eigenvalue weighted by Gasteiger charge is -2.15. The first-order valence-corrected chi connectivity index (χ1v) is 18.3. The second-order valence-electron chi connectivity index (χ2n) is 14.1. The molecular weight excluding hydrogens is 659 g/mol. The van der Waals surface area contributed by atoms with Crippen molar-refractivity contribution in [3.8, 4) is 56.7 Å². The average Bonchev–Trinajstić information content (AvgIpc) is 3.70. The summed E-state index contributed by atoms with van der Waals surface area (Å²) >= 11 is 0. The third kappa shape index (κ3) is 4.12. The van der Waals surface area contributed by atoms with Crippen LogP contribution in [0, 0.1) is 0 Å². The lowest BCUT2D eigenvalue weighted by Crippen LogP contribution is -2.06. The van der Waals surface area contributed by atoms with Gasteiger partial charge in [0.1, 0.15) is 0 Å². The van der Waals surface area contributed by atoms with Crippen LogP contribution in [0.25, 0.3) is 111 Å². The molecule has 8 aromatic carbocycles. The van der Waals surface area contributed by atoms with Gasteiger partial charge in [-0.05, 0) is 52.2 Å². The van der Waals surface area contributed by atoms with Gasteiger partial charge < -0.3 is 4.57 Å². The fourth-order valence-corrected chi connectivity index (χ4v) is 8.69. The Morgan fingerprint density at radius 2 is 0.889 bits per heavy atom. The van der Waals surface area contributed by atoms with E-state index in [9.17, 15) is 0 Å². The van der Waals surface area contributed by atoms with Gasteiger partial charge in [-0.2, -0.15) is 9.97 Å². The first-order chi connectivity index (χ1) is 26.8. The Hall–Kier alpha value is -7.37. The summed E-state index contributed by atoms with van der Waals surface area (Å²) in [5.74, 6) is 1.84. The standard InChI is InChI=1S/C49H29N5/c1-3-14-30(15-4-1)47-50-48(31-16-5-2-6-17-31)52-49(51-47)54-43-27-33-19-8-7-18-32(33)26-39(43)41-29-44-40(28-45(41)54)35-21-10-9-20-34(35)37-23-13-24-38-36-22-11-12-25-42(36)53(44)46(37)38/h1-29H. The van der Waals surface area contributed by atoms with Crippen molar-refractivity contribution in [2.45, 2.75) is 0 Å². The Morgan fingerprint density at radius 1 is 0.333 bits per heavy atom. The normalized spacial score (nSPS) is 12.1. The van der Waals surface area contributed by atoms with Gasteiger partial charge in [0.25, 0.3) is 0 Å². The van der Waals surface area contributed by atoms with Gasteiger partial charge in [-0.1, -0.05) is 146 Å². The van der Waals surface area contributed by atoms with Crippen LogP contribution in [-0.4, -0.2) is 24.1 Å². The van der Waals surface area contributed by atoms with E-state index in [1.807, 2.05) is 36.4 Å². The highest BCUT2D eigenvalue weighted by atomic mass is 15.2. The van der Waals surface area contributed by atoms with Gasteiger partial charge in [0.15, 0.2) is 11.6 Å². The molecule has 0 spiro atoms. The van der Waals surface area contributed by atoms with Crippen LogP contribution < -0.4 is 0 Å². The van der Waals surface area contributed by atoms with Gasteiger partial charge in [0.05, 0.1) is 27.8 Å². The van der Waals surface area contributed by atoms with Crippen molar-refractivity contribution in [3.05, 3.63) is 176 Å². The molecule has 5 heteroatoms. The molecule has 0 saturated carbocycles. The molecule has 0 unspecified atom stereocenters. The topological polar surface area (TPSA) is 48.5 Å². The molecule has 0 saturated heterocycles. The smallest absolute Gasteiger partial charge is 0.238 e. The van der Waals surface area contributed by atoms with Crippen LogP contribution in [0.2, 0.25) is 0 Å². The minimum Gasteiger partial charge on any atom is -0.308 e. The summed E-state index contributed by atoms with van der Waals surface area (Å²) in [7, 11) is 0. The number of hydrogen-bond donors (Lipinski definition) is 0. The summed E-state index contributed by atoms with van der Waals surface area (Å²) < 4.78 is 4.74. The van der Waals surface area contributed by atoms with Crippen molar-refractivity contribution in [1.29, 1.82) is 0 Å². The Kier molecular flexibility index (Phi) is 5.99. The molecule has 5 nitrogen and oxygen atoms in total. The minimum absolute atomic E-state index is 0.580. The van der Waals surface area contributed by atoms with E-state index in [1.54, 1.807) is 0 Å². The molecule has 1 aliphatic rings. The zero-order valence-corrected chi connectivity index (χ0v) is 29.0. The zero-order valence-electron chi connectivity index (χ0n) is 29.0. The van der Waals surface area contributed by atoms with E-state index >= 15 is 0 Å². The molecule has 250 valence electrons. The van der Waals surface area contributed by atoms with Crippen molar-refractivity contribution in [1.82, 2.24) is 24.1 Å². The van der Waals surface area contributed by atoms with Crippen LogP contribution in [0.15, 0.2) is 176 Å². The van der Waals surface area contributed by atoms with E-state index in [0.29, 0.717) is 17.6 Å². The number of fused-ring (bicyclic) bond motifs is 12. The summed E-state index contributed by atoms with van der Waals surface area (Å²) in [6, 6.07) is 62.7. The third-order valence-electron chi connectivity index (χ3n) is 11.1. The number of hydrogen-bond acceptors (Lipinski definition) is 3. The summed E-state index contributed by atoms with van der Waals surface area (Å²) in [4.78, 5) is 15.6.